The van der Waals surface area contributed by atoms with Crippen LogP contribution in [0, 0.1) is 12.7 Å². The van der Waals surface area contributed by atoms with Crippen LogP contribution in [0.1, 0.15) is 25.3 Å². The average molecular weight is 318 g/mol. The number of nitrogens with two attached hydrogens (primary N) is 1. The molecule has 112 valence electrons. The summed E-state index contributed by atoms with van der Waals surface area (Å²) >= 11 is 1.78. The molecule has 1 heterocycles. The molecule has 0 amide bonds. The summed E-state index contributed by atoms with van der Waals surface area (Å²) in [5, 5.41) is 0. The molecule has 1 saturated heterocycles. The van der Waals surface area contributed by atoms with Gasteiger partial charge in [-0.2, -0.15) is 11.8 Å². The summed E-state index contributed by atoms with van der Waals surface area (Å²) in [5.74, 6) is 0.489. The van der Waals surface area contributed by atoms with Crippen LogP contribution in [-0.4, -0.2) is 25.5 Å². The molecule has 4 nitrogen and oxygen atoms in total. The number of aryl methyl sites for hydroxylation is 1. The Kier molecular flexibility index (Phi) is 4.32. The lowest BCUT2D eigenvalue weighted by molar-refractivity contribution is 0.552. The zero-order chi connectivity index (χ0) is 15.0. The molecule has 0 radical (unpaired) electrons. The maximum atomic E-state index is 13.4. The second-order valence-corrected chi connectivity index (χ2v) is 8.82. The van der Waals surface area contributed by atoms with Gasteiger partial charge in [-0.15, -0.1) is 0 Å². The molecule has 1 unspecified atom stereocenters. The van der Waals surface area contributed by atoms with Gasteiger partial charge in [0, 0.05) is 11.3 Å². The summed E-state index contributed by atoms with van der Waals surface area (Å²) in [6, 6.07) is 2.47. The van der Waals surface area contributed by atoms with E-state index in [0.717, 1.165) is 24.7 Å². The van der Waals surface area contributed by atoms with Crippen LogP contribution in [0.25, 0.3) is 0 Å². The highest BCUT2D eigenvalue weighted by molar-refractivity contribution is 8.01. The summed E-state index contributed by atoms with van der Waals surface area (Å²) in [4.78, 5) is 0.0143. The van der Waals surface area contributed by atoms with E-state index in [2.05, 4.69) is 11.6 Å². The van der Waals surface area contributed by atoms with Gasteiger partial charge >= 0.3 is 0 Å². The number of thioether (sulfide) groups is 1. The van der Waals surface area contributed by atoms with Gasteiger partial charge in [0.25, 0.3) is 0 Å². The quantitative estimate of drug-likeness (QED) is 0.836. The highest BCUT2D eigenvalue weighted by Crippen LogP contribution is 2.37. The third-order valence-electron chi connectivity index (χ3n) is 3.50. The maximum Gasteiger partial charge on any atom is 0.240 e. The van der Waals surface area contributed by atoms with Gasteiger partial charge in [0.05, 0.1) is 10.6 Å². The van der Waals surface area contributed by atoms with E-state index < -0.39 is 15.8 Å². The van der Waals surface area contributed by atoms with E-state index in [-0.39, 0.29) is 20.9 Å². The number of rotatable bonds is 4. The molecule has 2 rings (SSSR count). The molecule has 0 spiro atoms. The second-order valence-electron chi connectivity index (χ2n) is 5.37. The summed E-state index contributed by atoms with van der Waals surface area (Å²) in [7, 11) is -3.66. The smallest absolute Gasteiger partial charge is 0.240 e. The molecule has 0 aromatic heterocycles. The number of hydrogen-bond donors (Lipinski definition) is 2. The molecule has 3 N–H and O–H groups in total. The van der Waals surface area contributed by atoms with E-state index in [9.17, 15) is 12.8 Å². The minimum absolute atomic E-state index is 0.0143. The van der Waals surface area contributed by atoms with E-state index in [4.69, 9.17) is 5.73 Å². The first kappa shape index (κ1) is 15.6. The minimum atomic E-state index is -3.66. The average Bonchev–Trinajstić information content (AvgIpc) is 2.81. The number of nitrogen functional groups attached to an aromatic ring is 1. The molecule has 1 fully saturated rings. The number of halogens is 1. The largest absolute Gasteiger partial charge is 0.396 e. The third kappa shape index (κ3) is 3.27. The zero-order valence-corrected chi connectivity index (χ0v) is 13.2. The number of anilines is 1. The Morgan fingerprint density at radius 3 is 2.75 bits per heavy atom. The van der Waals surface area contributed by atoms with Crippen molar-refractivity contribution < 1.29 is 12.8 Å². The van der Waals surface area contributed by atoms with Crippen molar-refractivity contribution in [3.05, 3.63) is 23.5 Å². The van der Waals surface area contributed by atoms with Crippen LogP contribution in [0.4, 0.5) is 10.1 Å². The molecule has 1 aliphatic heterocycles. The molecular formula is C13H19FN2O2S2. The van der Waals surface area contributed by atoms with Gasteiger partial charge in [-0.05, 0) is 50.1 Å². The Hall–Kier alpha value is -0.790. The Balaban J connectivity index is 2.18. The molecule has 0 bridgehead atoms. The van der Waals surface area contributed by atoms with E-state index in [1.807, 2.05) is 0 Å². The number of sulfonamides is 1. The molecule has 1 atom stereocenters. The molecule has 20 heavy (non-hydrogen) atoms. The molecule has 1 aromatic carbocycles. The van der Waals surface area contributed by atoms with Gasteiger partial charge in [0.1, 0.15) is 5.82 Å². The van der Waals surface area contributed by atoms with E-state index in [0.29, 0.717) is 6.54 Å². The highest BCUT2D eigenvalue weighted by atomic mass is 32.2. The molecule has 0 aliphatic carbocycles. The van der Waals surface area contributed by atoms with Crippen LogP contribution in [0.15, 0.2) is 17.0 Å². The molecule has 0 saturated carbocycles. The van der Waals surface area contributed by atoms with Gasteiger partial charge < -0.3 is 5.73 Å². The monoisotopic (exact) mass is 318 g/mol. The predicted molar refractivity (Wildman–Crippen MR) is 80.8 cm³/mol. The van der Waals surface area contributed by atoms with Crippen molar-refractivity contribution in [1.29, 1.82) is 0 Å². The van der Waals surface area contributed by atoms with Crippen molar-refractivity contribution in [2.45, 2.75) is 36.3 Å². The SMILES string of the molecule is Cc1cc(S(=O)(=O)NCC2(C)CCCS2)cc(N)c1F. The highest BCUT2D eigenvalue weighted by Gasteiger charge is 2.31. The molecule has 1 aliphatic rings. The van der Waals surface area contributed by atoms with E-state index in [1.54, 1.807) is 11.8 Å². The first-order valence-electron chi connectivity index (χ1n) is 6.43. The molecular weight excluding hydrogens is 299 g/mol. The van der Waals surface area contributed by atoms with Crippen molar-refractivity contribution in [3.8, 4) is 0 Å². The number of hydrogen-bond acceptors (Lipinski definition) is 4. The summed E-state index contributed by atoms with van der Waals surface area (Å²) < 4.78 is 40.5. The van der Waals surface area contributed by atoms with E-state index in [1.165, 1.54) is 13.0 Å². The van der Waals surface area contributed by atoms with E-state index >= 15 is 0 Å². The first-order valence-corrected chi connectivity index (χ1v) is 8.90. The number of nitrogens with one attached hydrogen (secondary N) is 1. The Bertz CT molecular complexity index is 588. The van der Waals surface area contributed by atoms with Crippen molar-refractivity contribution in [1.82, 2.24) is 4.72 Å². The fourth-order valence-electron chi connectivity index (χ4n) is 2.23. The van der Waals surface area contributed by atoms with Crippen LogP contribution in [0.2, 0.25) is 0 Å². The maximum absolute atomic E-state index is 13.4. The first-order chi connectivity index (χ1) is 9.23. The topological polar surface area (TPSA) is 72.2 Å². The van der Waals surface area contributed by atoms with Crippen LogP contribution in [-0.2, 0) is 10.0 Å². The summed E-state index contributed by atoms with van der Waals surface area (Å²) in [5.41, 5.74) is 5.57. The van der Waals surface area contributed by atoms with Crippen LogP contribution in [0.3, 0.4) is 0 Å². The van der Waals surface area contributed by atoms with Crippen LogP contribution < -0.4 is 10.5 Å². The molecule has 1 aromatic rings. The second kappa shape index (κ2) is 5.54. The fourth-order valence-corrected chi connectivity index (χ4v) is 4.85. The van der Waals surface area contributed by atoms with Gasteiger partial charge in [0.15, 0.2) is 0 Å². The van der Waals surface area contributed by atoms with Crippen molar-refractivity contribution in [2.75, 3.05) is 18.0 Å². The van der Waals surface area contributed by atoms with Crippen molar-refractivity contribution in [2.24, 2.45) is 0 Å². The summed E-state index contributed by atoms with van der Waals surface area (Å²) in [6.07, 6.45) is 2.09. The summed E-state index contributed by atoms with van der Waals surface area (Å²) in [6.45, 7) is 3.92. The predicted octanol–water partition coefficient (Wildman–Crippen LogP) is 2.28. The van der Waals surface area contributed by atoms with Crippen molar-refractivity contribution >= 4 is 27.5 Å². The van der Waals surface area contributed by atoms with Crippen molar-refractivity contribution in [3.63, 3.8) is 0 Å². The minimum Gasteiger partial charge on any atom is -0.396 e. The van der Waals surface area contributed by atoms with Gasteiger partial charge in [-0.1, -0.05) is 0 Å². The lowest BCUT2D eigenvalue weighted by Crippen LogP contribution is -2.36. The zero-order valence-electron chi connectivity index (χ0n) is 11.6. The number of benzene rings is 1. The fraction of sp³-hybridized carbons (Fsp3) is 0.538. The Labute approximate surface area is 123 Å². The van der Waals surface area contributed by atoms with Gasteiger partial charge in [-0.3, -0.25) is 0 Å². The Morgan fingerprint density at radius 1 is 1.50 bits per heavy atom. The lowest BCUT2D eigenvalue weighted by Gasteiger charge is -2.22. The van der Waals surface area contributed by atoms with Crippen LogP contribution >= 0.6 is 11.8 Å². The Morgan fingerprint density at radius 2 is 2.20 bits per heavy atom. The standard InChI is InChI=1S/C13H19FN2O2S2/c1-9-6-10(7-11(15)12(9)14)20(17,18)16-8-13(2)4-3-5-19-13/h6-7,16H,3-5,8,15H2,1-2H3. The van der Waals surface area contributed by atoms with Crippen LogP contribution in [0.5, 0.6) is 0 Å². The third-order valence-corrected chi connectivity index (χ3v) is 6.42. The van der Waals surface area contributed by atoms with Gasteiger partial charge in [0.2, 0.25) is 10.0 Å². The lowest BCUT2D eigenvalue weighted by atomic mass is 10.1. The molecule has 7 heteroatoms. The van der Waals surface area contributed by atoms with Gasteiger partial charge in [-0.25, -0.2) is 17.5 Å². The normalized spacial score (nSPS) is 23.1.